The van der Waals surface area contributed by atoms with E-state index in [1.165, 1.54) is 13.8 Å². The number of hydrogen-bond donors (Lipinski definition) is 3. The first-order valence-electron chi connectivity index (χ1n) is 10.9. The molecule has 9 nitrogen and oxygen atoms in total. The van der Waals surface area contributed by atoms with Gasteiger partial charge in [-0.05, 0) is 26.7 Å². The zero-order valence-corrected chi connectivity index (χ0v) is 16.3. The van der Waals surface area contributed by atoms with Crippen LogP contribution < -0.4 is 11.5 Å². The summed E-state index contributed by atoms with van der Waals surface area (Å²) in [5.41, 5.74) is 9.08. The van der Waals surface area contributed by atoms with Crippen LogP contribution in [0.15, 0.2) is 5.10 Å². The molecule has 0 saturated carbocycles. The Hall–Kier alpha value is -2.32. The lowest BCUT2D eigenvalue weighted by molar-refractivity contribution is -0.166. The fraction of sp³-hybridized carbons (Fsp3) is 0.778. The van der Waals surface area contributed by atoms with E-state index in [9.17, 15) is 9.59 Å². The molecule has 154 valence electrons. The number of nitrogens with two attached hydrogens (primary N) is 2. The first-order valence-corrected chi connectivity index (χ1v) is 9.38. The topological polar surface area (TPSA) is 138 Å². The van der Waals surface area contributed by atoms with Gasteiger partial charge in [0.25, 0.3) is 0 Å². The number of esters is 2. The number of carbonyl (C=O) groups excluding carboxylic acids is 2. The highest BCUT2D eigenvalue weighted by Crippen LogP contribution is 2.19. The quantitative estimate of drug-likeness (QED) is 0.270. The van der Waals surface area contributed by atoms with Gasteiger partial charge in [-0.1, -0.05) is 38.5 Å². The number of ether oxygens (including phenoxy) is 1. The van der Waals surface area contributed by atoms with E-state index < -0.39 is 30.4 Å². The first-order chi connectivity index (χ1) is 13.9. The average Bonchev–Trinajstić information content (AvgIpc) is 2.59. The molecule has 1 fully saturated rings. The molecule has 0 aromatic carbocycles. The van der Waals surface area contributed by atoms with Crippen molar-refractivity contribution in [3.63, 3.8) is 0 Å². The van der Waals surface area contributed by atoms with E-state index in [1.54, 1.807) is 0 Å². The van der Waals surface area contributed by atoms with Crippen LogP contribution in [0, 0.1) is 5.41 Å². The molecule has 1 saturated heterocycles. The van der Waals surface area contributed by atoms with Crippen LogP contribution in [0.2, 0.25) is 0 Å². The lowest BCUT2D eigenvalue weighted by Crippen LogP contribution is -2.55. The van der Waals surface area contributed by atoms with Crippen LogP contribution in [-0.2, 0) is 14.3 Å². The number of nitrogens with zero attached hydrogens (tertiary/aromatic N) is 3. The van der Waals surface area contributed by atoms with Crippen LogP contribution in [0.25, 0.3) is 0 Å². The van der Waals surface area contributed by atoms with E-state index in [1.807, 2.05) is 0 Å². The summed E-state index contributed by atoms with van der Waals surface area (Å²) in [5.74, 6) is -2.69. The summed E-state index contributed by atoms with van der Waals surface area (Å²) in [7, 11) is 0. The summed E-state index contributed by atoms with van der Waals surface area (Å²) in [6.07, 6.45) is 7.09. The number of rotatable bonds is 1. The van der Waals surface area contributed by atoms with Crippen molar-refractivity contribution in [3.05, 3.63) is 0 Å². The van der Waals surface area contributed by atoms with E-state index in [2.05, 4.69) is 5.10 Å². The second kappa shape index (κ2) is 10.7. The Morgan fingerprint density at radius 1 is 1.11 bits per heavy atom. The van der Waals surface area contributed by atoms with Gasteiger partial charge in [0.05, 0.1) is 0 Å². The highest BCUT2D eigenvalue weighted by Gasteiger charge is 2.38. The van der Waals surface area contributed by atoms with Crippen LogP contribution in [-0.4, -0.2) is 52.8 Å². The molecule has 0 radical (unpaired) electrons. The highest BCUT2D eigenvalue weighted by atomic mass is 16.6. The summed E-state index contributed by atoms with van der Waals surface area (Å²) < 4.78 is 28.5. The van der Waals surface area contributed by atoms with Crippen LogP contribution in [0.1, 0.15) is 75.7 Å². The summed E-state index contributed by atoms with van der Waals surface area (Å²) in [5, 5.41) is 13.4. The number of nitrogens with one attached hydrogen (secondary N) is 1. The van der Waals surface area contributed by atoms with Gasteiger partial charge in [-0.3, -0.25) is 10.2 Å². The van der Waals surface area contributed by atoms with Crippen LogP contribution in [0.4, 0.5) is 0 Å². The SMILES string of the molecule is [2H]C([2H])([2H])N1C(=N)N(N=C(N)N)CCCCCCCCCCC(=O)OC(=O)C1(C)C. The molecule has 0 unspecified atom stereocenters. The summed E-state index contributed by atoms with van der Waals surface area (Å²) in [6, 6.07) is 0. The largest absolute Gasteiger partial charge is 0.391 e. The Kier molecular flexibility index (Phi) is 7.18. The lowest BCUT2D eigenvalue weighted by Gasteiger charge is -2.37. The fourth-order valence-electron chi connectivity index (χ4n) is 2.68. The molecule has 1 aliphatic rings. The Bertz CT molecular complexity index is 648. The molecule has 0 bridgehead atoms. The van der Waals surface area contributed by atoms with Gasteiger partial charge in [0.2, 0.25) is 11.9 Å². The third-order valence-electron chi connectivity index (χ3n) is 4.46. The van der Waals surface area contributed by atoms with Crippen molar-refractivity contribution in [1.29, 1.82) is 5.41 Å². The maximum Gasteiger partial charge on any atom is 0.339 e. The number of guanidine groups is 2. The maximum absolute atomic E-state index is 12.7. The first kappa shape index (κ1) is 18.1. The molecule has 0 amide bonds. The van der Waals surface area contributed by atoms with Crippen molar-refractivity contribution in [2.24, 2.45) is 16.6 Å². The lowest BCUT2D eigenvalue weighted by atomic mass is 10.0. The molecule has 9 heteroatoms. The molecule has 1 rings (SSSR count). The Morgan fingerprint density at radius 2 is 1.67 bits per heavy atom. The Labute approximate surface area is 165 Å². The van der Waals surface area contributed by atoms with Gasteiger partial charge in [0.1, 0.15) is 5.54 Å². The van der Waals surface area contributed by atoms with E-state index in [4.69, 9.17) is 25.7 Å². The minimum Gasteiger partial charge on any atom is -0.391 e. The molecule has 0 aromatic rings. The number of cyclic esters (lactones) is 2. The smallest absolute Gasteiger partial charge is 0.339 e. The maximum atomic E-state index is 12.7. The minimum atomic E-state index is -2.89. The van der Waals surface area contributed by atoms with Gasteiger partial charge in [0.15, 0.2) is 0 Å². The second-order valence-electron chi connectivity index (χ2n) is 7.21. The van der Waals surface area contributed by atoms with Gasteiger partial charge in [-0.15, -0.1) is 5.10 Å². The third-order valence-corrected chi connectivity index (χ3v) is 4.46. The van der Waals surface area contributed by atoms with Crippen molar-refractivity contribution >= 4 is 23.9 Å². The predicted molar refractivity (Wildman–Crippen MR) is 105 cm³/mol. The zero-order chi connectivity index (χ0) is 22.9. The molecular weight excluding hydrogens is 348 g/mol. The predicted octanol–water partition coefficient (Wildman–Crippen LogP) is 1.72. The molecule has 1 heterocycles. The van der Waals surface area contributed by atoms with Crippen LogP contribution in [0.5, 0.6) is 0 Å². The molecule has 27 heavy (non-hydrogen) atoms. The van der Waals surface area contributed by atoms with Gasteiger partial charge >= 0.3 is 11.9 Å². The number of likely N-dealkylation sites (N-methyl/N-ethyl adjacent to an activating group) is 1. The summed E-state index contributed by atoms with van der Waals surface area (Å²) in [6.45, 7) is -0.118. The summed E-state index contributed by atoms with van der Waals surface area (Å²) >= 11 is 0. The van der Waals surface area contributed by atoms with Crippen molar-refractivity contribution < 1.29 is 18.4 Å². The zero-order valence-electron chi connectivity index (χ0n) is 19.3. The van der Waals surface area contributed by atoms with E-state index in [-0.39, 0.29) is 18.9 Å². The molecule has 0 atom stereocenters. The van der Waals surface area contributed by atoms with Gasteiger partial charge < -0.3 is 21.1 Å². The van der Waals surface area contributed by atoms with E-state index in [0.717, 1.165) is 43.5 Å². The van der Waals surface area contributed by atoms with Crippen molar-refractivity contribution in [2.45, 2.75) is 77.2 Å². The van der Waals surface area contributed by atoms with Crippen LogP contribution >= 0.6 is 0 Å². The Morgan fingerprint density at radius 3 is 2.22 bits per heavy atom. The standard InChI is InChI=1S/C18H34N6O3/c1-18(2)15(26)27-14(25)12-10-8-6-4-5-7-9-11-13-24(22-16(19)20)17(21)23(18)3/h21H,4-13H2,1-3H3,(H4,19,20,22)/i3D3. The molecule has 0 aliphatic carbocycles. The average molecular weight is 386 g/mol. The number of hydrazone groups is 1. The van der Waals surface area contributed by atoms with Gasteiger partial charge in [-0.25, -0.2) is 9.80 Å². The molecule has 0 aromatic heterocycles. The van der Waals surface area contributed by atoms with Gasteiger partial charge in [-0.2, -0.15) is 0 Å². The normalized spacial score (nSPS) is 23.5. The highest BCUT2D eigenvalue weighted by molar-refractivity contribution is 5.93. The summed E-state index contributed by atoms with van der Waals surface area (Å²) in [4.78, 5) is 25.3. The monoisotopic (exact) mass is 385 g/mol. The van der Waals surface area contributed by atoms with Crippen molar-refractivity contribution in [2.75, 3.05) is 13.5 Å². The Balaban J connectivity index is 3.25. The number of hydrogen-bond acceptors (Lipinski definition) is 5. The van der Waals surface area contributed by atoms with Gasteiger partial charge in [0, 0.05) is 24.1 Å². The molecular formula is C18H34N6O3. The van der Waals surface area contributed by atoms with Crippen molar-refractivity contribution in [3.8, 4) is 0 Å². The number of carbonyl (C=O) groups is 2. The van der Waals surface area contributed by atoms with Crippen LogP contribution in [0.3, 0.4) is 0 Å². The van der Waals surface area contributed by atoms with Crippen molar-refractivity contribution in [1.82, 2.24) is 9.91 Å². The molecule has 0 spiro atoms. The second-order valence-corrected chi connectivity index (χ2v) is 7.21. The molecule has 5 N–H and O–H groups in total. The van der Waals surface area contributed by atoms with E-state index in [0.29, 0.717) is 17.7 Å². The minimum absolute atomic E-state index is 0.0765. The fourth-order valence-corrected chi connectivity index (χ4v) is 2.68. The third kappa shape index (κ3) is 7.44. The van der Waals surface area contributed by atoms with E-state index >= 15 is 0 Å². The molecule has 1 aliphatic heterocycles.